The standard InChI is InChI=1S/C13H25NO3/c1-3-5-8-14-12(13(15)17-4-2)11-7-6-9-16-10-11/h11-12,14H,3-10H2,1-2H3/t11-,12-/m1/s1. The molecule has 1 aliphatic rings. The number of carbonyl (C=O) groups is 1. The van der Waals surface area contributed by atoms with E-state index in [2.05, 4.69) is 12.2 Å². The van der Waals surface area contributed by atoms with E-state index in [1.165, 1.54) is 0 Å². The molecule has 0 bridgehead atoms. The van der Waals surface area contributed by atoms with Gasteiger partial charge in [0.15, 0.2) is 0 Å². The minimum atomic E-state index is -0.193. The SMILES string of the molecule is CCCCN[C@@H](C(=O)OCC)[C@@H]1CCCOC1. The fraction of sp³-hybridized carbons (Fsp3) is 0.923. The molecule has 0 amide bonds. The average molecular weight is 243 g/mol. The molecule has 17 heavy (non-hydrogen) atoms. The summed E-state index contributed by atoms with van der Waals surface area (Å²) in [6, 6.07) is -0.193. The molecule has 0 aliphatic carbocycles. The van der Waals surface area contributed by atoms with Crippen LogP contribution in [0.3, 0.4) is 0 Å². The first-order valence-corrected chi connectivity index (χ1v) is 6.77. The quantitative estimate of drug-likeness (QED) is 0.546. The molecule has 2 atom stereocenters. The highest BCUT2D eigenvalue weighted by atomic mass is 16.5. The summed E-state index contributed by atoms with van der Waals surface area (Å²) < 4.78 is 10.6. The van der Waals surface area contributed by atoms with Gasteiger partial charge in [0.2, 0.25) is 0 Å². The van der Waals surface area contributed by atoms with Crippen LogP contribution in [-0.4, -0.2) is 38.4 Å². The second-order valence-corrected chi connectivity index (χ2v) is 4.51. The summed E-state index contributed by atoms with van der Waals surface area (Å²) in [6.07, 6.45) is 4.30. The van der Waals surface area contributed by atoms with Crippen LogP contribution in [0.25, 0.3) is 0 Å². The number of ether oxygens (including phenoxy) is 2. The van der Waals surface area contributed by atoms with Crippen LogP contribution in [0.15, 0.2) is 0 Å². The van der Waals surface area contributed by atoms with Gasteiger partial charge in [-0.2, -0.15) is 0 Å². The molecule has 1 saturated heterocycles. The molecule has 0 unspecified atom stereocenters. The zero-order valence-corrected chi connectivity index (χ0v) is 11.0. The van der Waals surface area contributed by atoms with Crippen molar-refractivity contribution in [3.05, 3.63) is 0 Å². The van der Waals surface area contributed by atoms with Crippen molar-refractivity contribution in [1.29, 1.82) is 0 Å². The minimum absolute atomic E-state index is 0.126. The molecular formula is C13H25NO3. The summed E-state index contributed by atoms with van der Waals surface area (Å²) >= 11 is 0. The Hall–Kier alpha value is -0.610. The van der Waals surface area contributed by atoms with E-state index in [-0.39, 0.29) is 17.9 Å². The topological polar surface area (TPSA) is 47.6 Å². The van der Waals surface area contributed by atoms with Gasteiger partial charge in [-0.15, -0.1) is 0 Å². The predicted octanol–water partition coefficient (Wildman–Crippen LogP) is 1.73. The zero-order valence-electron chi connectivity index (χ0n) is 11.0. The highest BCUT2D eigenvalue weighted by molar-refractivity contribution is 5.76. The van der Waals surface area contributed by atoms with E-state index >= 15 is 0 Å². The molecule has 1 rings (SSSR count). The number of nitrogens with one attached hydrogen (secondary N) is 1. The lowest BCUT2D eigenvalue weighted by Crippen LogP contribution is -2.47. The number of hydrogen-bond acceptors (Lipinski definition) is 4. The second kappa shape index (κ2) is 8.48. The number of rotatable bonds is 7. The number of esters is 1. The summed E-state index contributed by atoms with van der Waals surface area (Å²) in [4.78, 5) is 11.9. The van der Waals surface area contributed by atoms with Crippen molar-refractivity contribution in [2.75, 3.05) is 26.4 Å². The number of hydrogen-bond donors (Lipinski definition) is 1. The molecule has 1 N–H and O–H groups in total. The molecule has 0 aromatic carbocycles. The molecule has 0 radical (unpaired) electrons. The van der Waals surface area contributed by atoms with Gasteiger partial charge >= 0.3 is 5.97 Å². The lowest BCUT2D eigenvalue weighted by atomic mass is 9.93. The fourth-order valence-corrected chi connectivity index (χ4v) is 2.14. The molecule has 0 aromatic heterocycles. The first kappa shape index (κ1) is 14.5. The maximum absolute atomic E-state index is 11.9. The maximum atomic E-state index is 11.9. The van der Waals surface area contributed by atoms with Crippen LogP contribution in [0.5, 0.6) is 0 Å². The van der Waals surface area contributed by atoms with Gasteiger partial charge in [0, 0.05) is 12.5 Å². The van der Waals surface area contributed by atoms with Crippen LogP contribution in [0.1, 0.15) is 39.5 Å². The van der Waals surface area contributed by atoms with Crippen LogP contribution in [0.4, 0.5) is 0 Å². The highest BCUT2D eigenvalue weighted by Crippen LogP contribution is 2.18. The largest absolute Gasteiger partial charge is 0.465 e. The molecule has 4 heteroatoms. The highest BCUT2D eigenvalue weighted by Gasteiger charge is 2.30. The number of unbranched alkanes of at least 4 members (excludes halogenated alkanes) is 1. The van der Waals surface area contributed by atoms with Gasteiger partial charge in [0.05, 0.1) is 13.2 Å². The summed E-state index contributed by atoms with van der Waals surface area (Å²) in [5, 5.41) is 3.32. The molecule has 0 spiro atoms. The Labute approximate surface area is 104 Å². The Morgan fingerprint density at radius 3 is 2.94 bits per heavy atom. The van der Waals surface area contributed by atoms with Gasteiger partial charge in [0.25, 0.3) is 0 Å². The molecule has 0 saturated carbocycles. The molecule has 1 aliphatic heterocycles. The van der Waals surface area contributed by atoms with Crippen molar-refractivity contribution in [3.63, 3.8) is 0 Å². The first-order chi connectivity index (χ1) is 8.29. The Kier molecular flexibility index (Phi) is 7.21. The van der Waals surface area contributed by atoms with E-state index in [9.17, 15) is 4.79 Å². The molecular weight excluding hydrogens is 218 g/mol. The Morgan fingerprint density at radius 2 is 2.35 bits per heavy atom. The van der Waals surface area contributed by atoms with E-state index in [1.54, 1.807) is 0 Å². The van der Waals surface area contributed by atoms with Gasteiger partial charge in [-0.1, -0.05) is 13.3 Å². The third-order valence-electron chi connectivity index (χ3n) is 3.10. The lowest BCUT2D eigenvalue weighted by molar-refractivity contribution is -0.148. The van der Waals surface area contributed by atoms with Crippen LogP contribution >= 0.6 is 0 Å². The Morgan fingerprint density at radius 1 is 1.53 bits per heavy atom. The van der Waals surface area contributed by atoms with E-state index in [0.717, 1.165) is 38.8 Å². The lowest BCUT2D eigenvalue weighted by Gasteiger charge is -2.29. The van der Waals surface area contributed by atoms with Gasteiger partial charge in [-0.05, 0) is 32.7 Å². The average Bonchev–Trinajstić information content (AvgIpc) is 2.36. The van der Waals surface area contributed by atoms with E-state index in [4.69, 9.17) is 9.47 Å². The van der Waals surface area contributed by atoms with Crippen LogP contribution in [-0.2, 0) is 14.3 Å². The van der Waals surface area contributed by atoms with Crippen molar-refractivity contribution in [3.8, 4) is 0 Å². The first-order valence-electron chi connectivity index (χ1n) is 6.77. The zero-order chi connectivity index (χ0) is 12.5. The van der Waals surface area contributed by atoms with Gasteiger partial charge in [-0.3, -0.25) is 4.79 Å². The van der Waals surface area contributed by atoms with E-state index in [1.807, 2.05) is 6.92 Å². The van der Waals surface area contributed by atoms with Crippen LogP contribution in [0, 0.1) is 5.92 Å². The van der Waals surface area contributed by atoms with E-state index in [0.29, 0.717) is 13.2 Å². The maximum Gasteiger partial charge on any atom is 0.323 e. The van der Waals surface area contributed by atoms with Crippen molar-refractivity contribution in [2.24, 2.45) is 5.92 Å². The predicted molar refractivity (Wildman–Crippen MR) is 66.9 cm³/mol. The number of carbonyl (C=O) groups excluding carboxylic acids is 1. The Balaban J connectivity index is 2.47. The smallest absolute Gasteiger partial charge is 0.323 e. The van der Waals surface area contributed by atoms with Crippen LogP contribution < -0.4 is 5.32 Å². The summed E-state index contributed by atoms with van der Waals surface area (Å²) in [5.74, 6) is 0.138. The van der Waals surface area contributed by atoms with Crippen molar-refractivity contribution < 1.29 is 14.3 Å². The van der Waals surface area contributed by atoms with Gasteiger partial charge in [0.1, 0.15) is 6.04 Å². The second-order valence-electron chi connectivity index (χ2n) is 4.51. The molecule has 100 valence electrons. The monoisotopic (exact) mass is 243 g/mol. The van der Waals surface area contributed by atoms with Crippen molar-refractivity contribution in [2.45, 2.75) is 45.6 Å². The summed E-state index contributed by atoms with van der Waals surface area (Å²) in [5.41, 5.74) is 0. The minimum Gasteiger partial charge on any atom is -0.465 e. The third kappa shape index (κ3) is 5.04. The summed E-state index contributed by atoms with van der Waals surface area (Å²) in [6.45, 7) is 6.79. The molecule has 0 aromatic rings. The fourth-order valence-electron chi connectivity index (χ4n) is 2.14. The van der Waals surface area contributed by atoms with Crippen molar-refractivity contribution >= 4 is 5.97 Å². The van der Waals surface area contributed by atoms with E-state index < -0.39 is 0 Å². The molecule has 1 heterocycles. The Bertz CT molecular complexity index is 215. The third-order valence-corrected chi connectivity index (χ3v) is 3.10. The van der Waals surface area contributed by atoms with Gasteiger partial charge in [-0.25, -0.2) is 0 Å². The van der Waals surface area contributed by atoms with Crippen molar-refractivity contribution in [1.82, 2.24) is 5.32 Å². The van der Waals surface area contributed by atoms with Crippen LogP contribution in [0.2, 0.25) is 0 Å². The molecule has 1 fully saturated rings. The molecule has 4 nitrogen and oxygen atoms in total. The summed E-state index contributed by atoms with van der Waals surface area (Å²) in [7, 11) is 0. The normalized spacial score (nSPS) is 22.1. The van der Waals surface area contributed by atoms with Gasteiger partial charge < -0.3 is 14.8 Å².